The quantitative estimate of drug-likeness (QED) is 0.807. The highest BCUT2D eigenvalue weighted by Gasteiger charge is 2.11. The van der Waals surface area contributed by atoms with Crippen molar-refractivity contribution in [1.29, 1.82) is 5.26 Å². The smallest absolute Gasteiger partial charge is 0.129 e. The molecule has 0 saturated heterocycles. The van der Waals surface area contributed by atoms with Gasteiger partial charge in [-0.3, -0.25) is 0 Å². The zero-order chi connectivity index (χ0) is 14.4. The number of aromatic nitrogens is 1. The van der Waals surface area contributed by atoms with Gasteiger partial charge in [-0.25, -0.2) is 4.98 Å². The first kappa shape index (κ1) is 14.1. The maximum Gasteiger partial charge on any atom is 0.129 e. The fourth-order valence-electron chi connectivity index (χ4n) is 1.87. The number of pyridine rings is 1. The molecule has 2 aromatic rings. The molecule has 0 spiro atoms. The van der Waals surface area contributed by atoms with Crippen molar-refractivity contribution in [2.45, 2.75) is 13.5 Å². The van der Waals surface area contributed by atoms with Crippen molar-refractivity contribution in [2.75, 3.05) is 25.2 Å². The fourth-order valence-corrected chi connectivity index (χ4v) is 1.87. The summed E-state index contributed by atoms with van der Waals surface area (Å²) in [5, 5.41) is 8.81. The molecule has 0 aliphatic heterocycles. The van der Waals surface area contributed by atoms with E-state index < -0.39 is 0 Å². The van der Waals surface area contributed by atoms with Gasteiger partial charge in [0.2, 0.25) is 0 Å². The molecule has 0 bridgehead atoms. The molecule has 5 nitrogen and oxygen atoms in total. The van der Waals surface area contributed by atoms with Crippen molar-refractivity contribution in [3.05, 3.63) is 47.5 Å². The van der Waals surface area contributed by atoms with Gasteiger partial charge in [-0.1, -0.05) is 0 Å². The summed E-state index contributed by atoms with van der Waals surface area (Å²) >= 11 is 0. The number of nitriles is 1. The Kier molecular flexibility index (Phi) is 4.75. The number of hydrogen-bond acceptors (Lipinski definition) is 5. The first-order valence-electron chi connectivity index (χ1n) is 6.38. The van der Waals surface area contributed by atoms with Crippen LogP contribution in [0.2, 0.25) is 0 Å². The van der Waals surface area contributed by atoms with Crippen molar-refractivity contribution in [3.63, 3.8) is 0 Å². The molecular weight excluding hydrogens is 254 g/mol. The summed E-state index contributed by atoms with van der Waals surface area (Å²) in [4.78, 5) is 6.37. The van der Waals surface area contributed by atoms with Gasteiger partial charge in [0.05, 0.1) is 18.7 Å². The standard InChI is InChI=1S/C15H17N3O2/c1-12-3-5-14(20-12)11-18(7-8-19-2)15-6-4-13(9-16)10-17-15/h3-6,10H,7-8,11H2,1-2H3. The lowest BCUT2D eigenvalue weighted by molar-refractivity contribution is 0.204. The van der Waals surface area contributed by atoms with Gasteiger partial charge in [0.1, 0.15) is 23.4 Å². The summed E-state index contributed by atoms with van der Waals surface area (Å²) in [6.45, 7) is 3.84. The Labute approximate surface area is 118 Å². The van der Waals surface area contributed by atoms with Crippen LogP contribution in [-0.4, -0.2) is 25.2 Å². The summed E-state index contributed by atoms with van der Waals surface area (Å²) in [5.41, 5.74) is 0.550. The Hall–Kier alpha value is -2.32. The van der Waals surface area contributed by atoms with Crippen LogP contribution in [0.4, 0.5) is 5.82 Å². The molecule has 0 N–H and O–H groups in total. The summed E-state index contributed by atoms with van der Waals surface area (Å²) in [6.07, 6.45) is 1.57. The van der Waals surface area contributed by atoms with Crippen molar-refractivity contribution in [2.24, 2.45) is 0 Å². The lowest BCUT2D eigenvalue weighted by Crippen LogP contribution is -2.27. The molecule has 0 aliphatic carbocycles. The van der Waals surface area contributed by atoms with Crippen LogP contribution in [0.3, 0.4) is 0 Å². The largest absolute Gasteiger partial charge is 0.464 e. The van der Waals surface area contributed by atoms with Gasteiger partial charge in [0, 0.05) is 19.9 Å². The van der Waals surface area contributed by atoms with Gasteiger partial charge in [0.15, 0.2) is 0 Å². The van der Waals surface area contributed by atoms with Crippen LogP contribution in [0.5, 0.6) is 0 Å². The Bertz CT molecular complexity index is 584. The van der Waals surface area contributed by atoms with E-state index in [1.807, 2.05) is 25.1 Å². The molecule has 0 radical (unpaired) electrons. The van der Waals surface area contributed by atoms with E-state index in [2.05, 4.69) is 16.0 Å². The summed E-state index contributed by atoms with van der Waals surface area (Å²) in [5.74, 6) is 2.57. The molecule has 0 unspecified atom stereocenters. The minimum atomic E-state index is 0.550. The van der Waals surface area contributed by atoms with E-state index in [-0.39, 0.29) is 0 Å². The van der Waals surface area contributed by atoms with Crippen LogP contribution >= 0.6 is 0 Å². The molecule has 0 saturated carbocycles. The summed E-state index contributed by atoms with van der Waals surface area (Å²) in [6, 6.07) is 9.56. The summed E-state index contributed by atoms with van der Waals surface area (Å²) in [7, 11) is 1.67. The number of anilines is 1. The maximum absolute atomic E-state index is 8.81. The van der Waals surface area contributed by atoms with Gasteiger partial charge < -0.3 is 14.1 Å². The van der Waals surface area contributed by atoms with Gasteiger partial charge in [-0.05, 0) is 31.2 Å². The normalized spacial score (nSPS) is 10.2. The molecule has 2 rings (SSSR count). The molecule has 2 heterocycles. The van der Waals surface area contributed by atoms with Crippen molar-refractivity contribution in [1.82, 2.24) is 4.98 Å². The molecule has 0 aliphatic rings. The number of methoxy groups -OCH3 is 1. The predicted molar refractivity (Wildman–Crippen MR) is 75.3 cm³/mol. The van der Waals surface area contributed by atoms with Gasteiger partial charge >= 0.3 is 0 Å². The highest BCUT2D eigenvalue weighted by atomic mass is 16.5. The Morgan fingerprint density at radius 2 is 2.20 bits per heavy atom. The molecule has 0 amide bonds. The highest BCUT2D eigenvalue weighted by molar-refractivity contribution is 5.42. The Morgan fingerprint density at radius 1 is 1.35 bits per heavy atom. The molecule has 0 atom stereocenters. The number of nitrogens with zero attached hydrogens (tertiary/aromatic N) is 3. The second-order valence-electron chi connectivity index (χ2n) is 4.44. The van der Waals surface area contributed by atoms with E-state index in [0.717, 1.165) is 17.3 Å². The minimum Gasteiger partial charge on any atom is -0.464 e. The predicted octanol–water partition coefficient (Wildman–Crippen LogP) is 2.51. The summed E-state index contributed by atoms with van der Waals surface area (Å²) < 4.78 is 10.7. The van der Waals surface area contributed by atoms with Crippen molar-refractivity contribution in [3.8, 4) is 6.07 Å². The SMILES string of the molecule is COCCN(Cc1ccc(C)o1)c1ccc(C#N)cn1. The van der Waals surface area contributed by atoms with Crippen LogP contribution in [0.1, 0.15) is 17.1 Å². The first-order valence-corrected chi connectivity index (χ1v) is 6.38. The molecular formula is C15H17N3O2. The van der Waals surface area contributed by atoms with E-state index in [4.69, 9.17) is 14.4 Å². The molecule has 5 heteroatoms. The number of ether oxygens (including phenoxy) is 1. The highest BCUT2D eigenvalue weighted by Crippen LogP contribution is 2.16. The number of furan rings is 1. The van der Waals surface area contributed by atoms with E-state index in [9.17, 15) is 0 Å². The Balaban J connectivity index is 2.15. The lowest BCUT2D eigenvalue weighted by atomic mass is 10.3. The molecule has 2 aromatic heterocycles. The van der Waals surface area contributed by atoms with E-state index in [1.54, 1.807) is 19.4 Å². The van der Waals surface area contributed by atoms with Crippen LogP contribution in [0.15, 0.2) is 34.9 Å². The van der Waals surface area contributed by atoms with E-state index >= 15 is 0 Å². The molecule has 0 aromatic carbocycles. The van der Waals surface area contributed by atoms with E-state index in [1.165, 1.54) is 0 Å². The lowest BCUT2D eigenvalue weighted by Gasteiger charge is -2.22. The third-order valence-electron chi connectivity index (χ3n) is 2.91. The maximum atomic E-state index is 8.81. The van der Waals surface area contributed by atoms with Gasteiger partial charge in [-0.2, -0.15) is 5.26 Å². The van der Waals surface area contributed by atoms with E-state index in [0.29, 0.717) is 25.3 Å². The minimum absolute atomic E-state index is 0.550. The van der Waals surface area contributed by atoms with Crippen LogP contribution < -0.4 is 4.90 Å². The van der Waals surface area contributed by atoms with Gasteiger partial charge in [0.25, 0.3) is 0 Å². The zero-order valence-corrected chi connectivity index (χ0v) is 11.7. The molecule has 0 fully saturated rings. The van der Waals surface area contributed by atoms with Gasteiger partial charge in [-0.15, -0.1) is 0 Å². The van der Waals surface area contributed by atoms with Crippen LogP contribution in [-0.2, 0) is 11.3 Å². The van der Waals surface area contributed by atoms with Crippen LogP contribution in [0.25, 0.3) is 0 Å². The second-order valence-corrected chi connectivity index (χ2v) is 4.44. The number of aryl methyl sites for hydroxylation is 1. The van der Waals surface area contributed by atoms with Crippen LogP contribution in [0, 0.1) is 18.3 Å². The monoisotopic (exact) mass is 271 g/mol. The average Bonchev–Trinajstić information content (AvgIpc) is 2.89. The average molecular weight is 271 g/mol. The molecule has 20 heavy (non-hydrogen) atoms. The zero-order valence-electron chi connectivity index (χ0n) is 11.7. The van der Waals surface area contributed by atoms with Crippen molar-refractivity contribution >= 4 is 5.82 Å². The second kappa shape index (κ2) is 6.73. The third kappa shape index (κ3) is 3.59. The number of hydrogen-bond donors (Lipinski definition) is 0. The Morgan fingerprint density at radius 3 is 2.75 bits per heavy atom. The third-order valence-corrected chi connectivity index (χ3v) is 2.91. The topological polar surface area (TPSA) is 62.3 Å². The number of rotatable bonds is 6. The first-order chi connectivity index (χ1) is 9.72. The van der Waals surface area contributed by atoms with Crippen molar-refractivity contribution < 1.29 is 9.15 Å². The molecule has 104 valence electrons. The fraction of sp³-hybridized carbons (Fsp3) is 0.333.